The van der Waals surface area contributed by atoms with Gasteiger partial charge in [-0.15, -0.1) is 0 Å². The van der Waals surface area contributed by atoms with Crippen LogP contribution in [0.3, 0.4) is 0 Å². The van der Waals surface area contributed by atoms with Crippen LogP contribution in [-0.4, -0.2) is 18.0 Å². The predicted octanol–water partition coefficient (Wildman–Crippen LogP) is 3.56. The second-order valence-corrected chi connectivity index (χ2v) is 4.74. The number of urea groups is 1. The molecule has 1 aromatic heterocycles. The predicted molar refractivity (Wildman–Crippen MR) is 75.1 cm³/mol. The van der Waals surface area contributed by atoms with Crippen molar-refractivity contribution in [1.82, 2.24) is 4.90 Å². The minimum Gasteiger partial charge on any atom is -0.467 e. The van der Waals surface area contributed by atoms with Crippen LogP contribution in [0.4, 0.5) is 10.5 Å². The first-order valence-corrected chi connectivity index (χ1v) is 6.17. The van der Waals surface area contributed by atoms with Gasteiger partial charge >= 0.3 is 6.03 Å². The molecular weight excluding hydrogens is 240 g/mol. The fourth-order valence-electron chi connectivity index (χ4n) is 1.97. The van der Waals surface area contributed by atoms with Crippen LogP contribution in [-0.2, 0) is 6.54 Å². The molecule has 0 bridgehead atoms. The lowest BCUT2D eigenvalue weighted by atomic mass is 10.1. The highest BCUT2D eigenvalue weighted by molar-refractivity contribution is 5.89. The monoisotopic (exact) mass is 258 g/mol. The van der Waals surface area contributed by atoms with Gasteiger partial charge in [-0.25, -0.2) is 4.79 Å². The molecule has 0 unspecified atom stereocenters. The number of rotatable bonds is 3. The van der Waals surface area contributed by atoms with E-state index in [0.717, 1.165) is 22.6 Å². The maximum atomic E-state index is 12.0. The molecule has 1 N–H and O–H groups in total. The van der Waals surface area contributed by atoms with Crippen molar-refractivity contribution in [2.75, 3.05) is 12.4 Å². The Bertz CT molecular complexity index is 541. The van der Waals surface area contributed by atoms with E-state index in [1.165, 1.54) is 0 Å². The van der Waals surface area contributed by atoms with Crippen LogP contribution in [0.2, 0.25) is 0 Å². The molecule has 0 aliphatic carbocycles. The largest absolute Gasteiger partial charge is 0.467 e. The van der Waals surface area contributed by atoms with Crippen molar-refractivity contribution in [3.05, 3.63) is 53.5 Å². The van der Waals surface area contributed by atoms with Crippen LogP contribution in [0.5, 0.6) is 0 Å². The van der Waals surface area contributed by atoms with E-state index in [0.29, 0.717) is 6.54 Å². The number of anilines is 1. The fraction of sp³-hybridized carbons (Fsp3) is 0.267. The molecule has 4 nitrogen and oxygen atoms in total. The van der Waals surface area contributed by atoms with E-state index >= 15 is 0 Å². The van der Waals surface area contributed by atoms with E-state index in [-0.39, 0.29) is 6.03 Å². The Hall–Kier alpha value is -2.23. The topological polar surface area (TPSA) is 45.5 Å². The molecule has 0 aliphatic rings. The van der Waals surface area contributed by atoms with Gasteiger partial charge in [-0.1, -0.05) is 6.07 Å². The number of carbonyl (C=O) groups is 1. The highest BCUT2D eigenvalue weighted by Gasteiger charge is 2.10. The van der Waals surface area contributed by atoms with Crippen LogP contribution in [0, 0.1) is 13.8 Å². The maximum Gasteiger partial charge on any atom is 0.321 e. The Balaban J connectivity index is 2.00. The Morgan fingerprint density at radius 3 is 2.53 bits per heavy atom. The minimum absolute atomic E-state index is 0.151. The maximum absolute atomic E-state index is 12.0. The lowest BCUT2D eigenvalue weighted by Crippen LogP contribution is -2.30. The van der Waals surface area contributed by atoms with E-state index < -0.39 is 0 Å². The van der Waals surface area contributed by atoms with Gasteiger partial charge in [0.25, 0.3) is 0 Å². The summed E-state index contributed by atoms with van der Waals surface area (Å²) in [6.07, 6.45) is 1.60. The molecule has 1 aromatic carbocycles. The number of amides is 2. The highest BCUT2D eigenvalue weighted by Crippen LogP contribution is 2.14. The second-order valence-electron chi connectivity index (χ2n) is 4.74. The molecule has 0 aliphatic heterocycles. The van der Waals surface area contributed by atoms with Gasteiger partial charge in [0.2, 0.25) is 0 Å². The van der Waals surface area contributed by atoms with Crippen LogP contribution in [0.25, 0.3) is 0 Å². The number of aryl methyl sites for hydroxylation is 2. The smallest absolute Gasteiger partial charge is 0.321 e. The SMILES string of the molecule is Cc1cc(C)cc(NC(=O)N(C)Cc2ccco2)c1. The van der Waals surface area contributed by atoms with Gasteiger partial charge in [-0.05, 0) is 49.2 Å². The summed E-state index contributed by atoms with van der Waals surface area (Å²) in [5.74, 6) is 0.762. The normalized spacial score (nSPS) is 10.3. The molecule has 0 atom stereocenters. The first kappa shape index (κ1) is 13.2. The average molecular weight is 258 g/mol. The number of benzene rings is 1. The third kappa shape index (κ3) is 3.61. The Morgan fingerprint density at radius 1 is 1.26 bits per heavy atom. The van der Waals surface area contributed by atoms with Gasteiger partial charge in [-0.2, -0.15) is 0 Å². The van der Waals surface area contributed by atoms with Crippen molar-refractivity contribution < 1.29 is 9.21 Å². The number of furan rings is 1. The molecule has 0 saturated heterocycles. The van der Waals surface area contributed by atoms with Gasteiger partial charge < -0.3 is 14.6 Å². The Kier molecular flexibility index (Phi) is 3.90. The summed E-state index contributed by atoms with van der Waals surface area (Å²) in [4.78, 5) is 13.6. The molecule has 1 heterocycles. The van der Waals surface area contributed by atoms with E-state index in [1.807, 2.05) is 38.1 Å². The summed E-state index contributed by atoms with van der Waals surface area (Å²) in [6.45, 7) is 4.47. The summed E-state index contributed by atoms with van der Waals surface area (Å²) in [5.41, 5.74) is 3.07. The zero-order chi connectivity index (χ0) is 13.8. The quantitative estimate of drug-likeness (QED) is 0.914. The second kappa shape index (κ2) is 5.61. The average Bonchev–Trinajstić information content (AvgIpc) is 2.80. The van der Waals surface area contributed by atoms with Crippen molar-refractivity contribution in [2.45, 2.75) is 20.4 Å². The molecule has 100 valence electrons. The van der Waals surface area contributed by atoms with Crippen molar-refractivity contribution >= 4 is 11.7 Å². The zero-order valence-corrected chi connectivity index (χ0v) is 11.4. The van der Waals surface area contributed by atoms with Gasteiger partial charge in [0, 0.05) is 12.7 Å². The van der Waals surface area contributed by atoms with E-state index in [4.69, 9.17) is 4.42 Å². The van der Waals surface area contributed by atoms with Crippen LogP contribution < -0.4 is 5.32 Å². The molecule has 0 spiro atoms. The lowest BCUT2D eigenvalue weighted by molar-refractivity contribution is 0.217. The molecule has 4 heteroatoms. The van der Waals surface area contributed by atoms with E-state index in [2.05, 4.69) is 11.4 Å². The van der Waals surface area contributed by atoms with E-state index in [9.17, 15) is 4.79 Å². The van der Waals surface area contributed by atoms with Crippen molar-refractivity contribution in [3.63, 3.8) is 0 Å². The number of hydrogen-bond acceptors (Lipinski definition) is 2. The highest BCUT2D eigenvalue weighted by atomic mass is 16.3. The number of nitrogens with one attached hydrogen (secondary N) is 1. The third-order valence-electron chi connectivity index (χ3n) is 2.79. The van der Waals surface area contributed by atoms with Crippen LogP contribution in [0.15, 0.2) is 41.0 Å². The van der Waals surface area contributed by atoms with Crippen molar-refractivity contribution in [1.29, 1.82) is 0 Å². The summed E-state index contributed by atoms with van der Waals surface area (Å²) in [6, 6.07) is 9.48. The van der Waals surface area contributed by atoms with E-state index in [1.54, 1.807) is 18.2 Å². The fourth-order valence-corrected chi connectivity index (χ4v) is 1.97. The summed E-state index contributed by atoms with van der Waals surface area (Å²) >= 11 is 0. The molecule has 19 heavy (non-hydrogen) atoms. The lowest BCUT2D eigenvalue weighted by Gasteiger charge is -2.17. The third-order valence-corrected chi connectivity index (χ3v) is 2.79. The molecule has 2 rings (SSSR count). The minimum atomic E-state index is -0.151. The first-order valence-electron chi connectivity index (χ1n) is 6.17. The van der Waals surface area contributed by atoms with Crippen LogP contribution in [0.1, 0.15) is 16.9 Å². The summed E-state index contributed by atoms with van der Waals surface area (Å²) in [5, 5.41) is 2.88. The molecular formula is C15H18N2O2. The van der Waals surface area contributed by atoms with Gasteiger partial charge in [0.05, 0.1) is 12.8 Å². The Morgan fingerprint density at radius 2 is 1.95 bits per heavy atom. The van der Waals surface area contributed by atoms with Crippen molar-refractivity contribution in [3.8, 4) is 0 Å². The molecule has 2 amide bonds. The molecule has 2 aromatic rings. The van der Waals surface area contributed by atoms with Gasteiger partial charge in [0.15, 0.2) is 0 Å². The standard InChI is InChI=1S/C15H18N2O2/c1-11-7-12(2)9-13(8-11)16-15(18)17(3)10-14-5-4-6-19-14/h4-9H,10H2,1-3H3,(H,16,18). The molecule has 0 saturated carbocycles. The first-order chi connectivity index (χ1) is 9.04. The van der Waals surface area contributed by atoms with Crippen molar-refractivity contribution in [2.24, 2.45) is 0 Å². The number of hydrogen-bond donors (Lipinski definition) is 1. The zero-order valence-electron chi connectivity index (χ0n) is 11.4. The molecule has 0 radical (unpaired) electrons. The number of carbonyl (C=O) groups excluding carboxylic acids is 1. The van der Waals surface area contributed by atoms with Gasteiger partial charge in [0.1, 0.15) is 5.76 Å². The van der Waals surface area contributed by atoms with Crippen LogP contribution >= 0.6 is 0 Å². The summed E-state index contributed by atoms with van der Waals surface area (Å²) < 4.78 is 5.22. The summed E-state index contributed by atoms with van der Waals surface area (Å²) in [7, 11) is 1.74. The van der Waals surface area contributed by atoms with Gasteiger partial charge in [-0.3, -0.25) is 0 Å². The Labute approximate surface area is 113 Å². The molecule has 0 fully saturated rings. The number of nitrogens with zero attached hydrogens (tertiary/aromatic N) is 1.